The molecule has 2 aromatic rings. The van der Waals surface area contributed by atoms with Crippen molar-refractivity contribution in [2.45, 2.75) is 38.1 Å². The highest BCUT2D eigenvalue weighted by atomic mass is 35.5. The van der Waals surface area contributed by atoms with Crippen LogP contribution in [0.1, 0.15) is 42.5 Å². The van der Waals surface area contributed by atoms with E-state index < -0.39 is 0 Å². The van der Waals surface area contributed by atoms with Crippen LogP contribution >= 0.6 is 11.6 Å². The fourth-order valence-electron chi connectivity index (χ4n) is 4.35. The van der Waals surface area contributed by atoms with Gasteiger partial charge in [-0.05, 0) is 43.0 Å². The summed E-state index contributed by atoms with van der Waals surface area (Å²) in [5.74, 6) is 1.36. The normalized spacial score (nSPS) is 18.1. The largest absolute Gasteiger partial charge is 0.395 e. The molecule has 2 fully saturated rings. The Morgan fingerprint density at radius 3 is 2.72 bits per heavy atom. The van der Waals surface area contributed by atoms with Gasteiger partial charge in [0.1, 0.15) is 5.82 Å². The molecule has 0 unspecified atom stereocenters. The quantitative estimate of drug-likeness (QED) is 0.646. The average molecular weight is 417 g/mol. The van der Waals surface area contributed by atoms with E-state index in [0.29, 0.717) is 35.6 Å². The molecule has 3 N–H and O–H groups in total. The van der Waals surface area contributed by atoms with Crippen molar-refractivity contribution in [3.63, 3.8) is 0 Å². The van der Waals surface area contributed by atoms with Crippen LogP contribution in [0.5, 0.6) is 0 Å². The Hall–Kier alpha value is -1.89. The first-order chi connectivity index (χ1) is 14.2. The average Bonchev–Trinajstić information content (AvgIpc) is 2.71. The van der Waals surface area contributed by atoms with Crippen molar-refractivity contribution in [3.8, 4) is 0 Å². The first-order valence-electron chi connectivity index (χ1n) is 10.6. The maximum Gasteiger partial charge on any atom is 0.253 e. The van der Waals surface area contributed by atoms with Gasteiger partial charge >= 0.3 is 0 Å². The number of hydrogen-bond donors (Lipinski definition) is 3. The predicted octanol–water partition coefficient (Wildman–Crippen LogP) is 2.97. The number of fused-ring (bicyclic) bond motifs is 1. The van der Waals surface area contributed by atoms with Gasteiger partial charge in [0, 0.05) is 37.6 Å². The summed E-state index contributed by atoms with van der Waals surface area (Å²) in [6.45, 7) is 3.20. The van der Waals surface area contributed by atoms with Crippen LogP contribution in [-0.4, -0.2) is 54.8 Å². The van der Waals surface area contributed by atoms with Gasteiger partial charge in [-0.1, -0.05) is 30.9 Å². The van der Waals surface area contributed by atoms with Gasteiger partial charge in [0.25, 0.3) is 5.91 Å². The van der Waals surface area contributed by atoms with E-state index in [1.807, 2.05) is 18.2 Å². The van der Waals surface area contributed by atoms with E-state index in [1.54, 1.807) is 6.07 Å². The summed E-state index contributed by atoms with van der Waals surface area (Å²) in [4.78, 5) is 19.8. The highest BCUT2D eigenvalue weighted by Gasteiger charge is 2.27. The van der Waals surface area contributed by atoms with Gasteiger partial charge in [-0.3, -0.25) is 4.79 Å². The molecule has 0 spiro atoms. The van der Waals surface area contributed by atoms with Crippen molar-refractivity contribution in [2.75, 3.05) is 37.7 Å². The monoisotopic (exact) mass is 416 g/mol. The minimum atomic E-state index is -0.113. The summed E-state index contributed by atoms with van der Waals surface area (Å²) in [5.41, 5.74) is 1.30. The van der Waals surface area contributed by atoms with Crippen molar-refractivity contribution in [3.05, 3.63) is 34.9 Å². The number of aliphatic hydroxyl groups excluding tert-OH is 1. The molecule has 156 valence electrons. The third-order valence-electron chi connectivity index (χ3n) is 6.06. The van der Waals surface area contributed by atoms with Crippen LogP contribution in [0.25, 0.3) is 10.9 Å². The molecular weight excluding hydrogens is 388 g/mol. The van der Waals surface area contributed by atoms with Gasteiger partial charge in [0.05, 0.1) is 22.7 Å². The second-order valence-corrected chi connectivity index (χ2v) is 8.56. The van der Waals surface area contributed by atoms with Crippen LogP contribution in [0, 0.1) is 5.92 Å². The fourth-order valence-corrected chi connectivity index (χ4v) is 4.60. The number of aliphatic hydroxyl groups is 1. The van der Waals surface area contributed by atoms with Crippen LogP contribution in [0.4, 0.5) is 5.82 Å². The molecule has 1 aliphatic heterocycles. The molecule has 4 rings (SSSR count). The molecule has 1 aliphatic carbocycles. The van der Waals surface area contributed by atoms with E-state index in [0.717, 1.165) is 29.8 Å². The summed E-state index contributed by atoms with van der Waals surface area (Å²) in [5, 5.41) is 16.5. The number of anilines is 1. The minimum absolute atomic E-state index is 0.113. The van der Waals surface area contributed by atoms with E-state index >= 15 is 0 Å². The van der Waals surface area contributed by atoms with Crippen LogP contribution in [0.2, 0.25) is 5.02 Å². The number of hydrogen-bond acceptors (Lipinski definition) is 5. The number of benzene rings is 1. The lowest BCUT2D eigenvalue weighted by atomic mass is 9.89. The lowest BCUT2D eigenvalue weighted by Gasteiger charge is -2.40. The fraction of sp³-hybridized carbons (Fsp3) is 0.545. The number of carbonyl (C=O) groups is 1. The van der Waals surface area contributed by atoms with Gasteiger partial charge in [0.15, 0.2) is 0 Å². The molecule has 1 amide bonds. The predicted molar refractivity (Wildman–Crippen MR) is 117 cm³/mol. The number of nitrogens with one attached hydrogen (secondary N) is 2. The number of aromatic nitrogens is 1. The molecule has 1 aromatic carbocycles. The zero-order valence-corrected chi connectivity index (χ0v) is 17.4. The summed E-state index contributed by atoms with van der Waals surface area (Å²) in [6, 6.07) is 7.93. The lowest BCUT2D eigenvalue weighted by molar-refractivity contribution is 0.0945. The number of rotatable bonds is 7. The first-order valence-corrected chi connectivity index (χ1v) is 11.0. The summed E-state index contributed by atoms with van der Waals surface area (Å²) >= 11 is 6.40. The molecule has 0 atom stereocenters. The molecule has 7 heteroatoms. The minimum Gasteiger partial charge on any atom is -0.395 e. The van der Waals surface area contributed by atoms with Crippen LogP contribution < -0.4 is 15.5 Å². The highest BCUT2D eigenvalue weighted by Crippen LogP contribution is 2.29. The molecule has 1 saturated heterocycles. The molecule has 1 aromatic heterocycles. The standard InChI is InChI=1S/C22H29ClN4O2/c23-18-7-8-19-17(21(18)22(29)25-12-15-4-2-1-3-5-15)6-9-20(26-19)27-13-16(14-27)24-10-11-28/h6-9,15-16,24,28H,1-5,10-14H2,(H,25,29). The Bertz CT molecular complexity index is 863. The zero-order chi connectivity index (χ0) is 20.2. The maximum absolute atomic E-state index is 12.9. The summed E-state index contributed by atoms with van der Waals surface area (Å²) < 4.78 is 0. The van der Waals surface area contributed by atoms with Crippen molar-refractivity contribution >= 4 is 34.2 Å². The van der Waals surface area contributed by atoms with E-state index in [2.05, 4.69) is 15.5 Å². The topological polar surface area (TPSA) is 77.5 Å². The number of pyridine rings is 1. The van der Waals surface area contributed by atoms with Crippen molar-refractivity contribution < 1.29 is 9.90 Å². The van der Waals surface area contributed by atoms with Gasteiger partial charge in [-0.2, -0.15) is 0 Å². The van der Waals surface area contributed by atoms with Crippen LogP contribution in [0.15, 0.2) is 24.3 Å². The van der Waals surface area contributed by atoms with Gasteiger partial charge < -0.3 is 20.6 Å². The summed E-state index contributed by atoms with van der Waals surface area (Å²) in [7, 11) is 0. The molecular formula is C22H29ClN4O2. The van der Waals surface area contributed by atoms with E-state index in [9.17, 15) is 4.79 Å². The Kier molecular flexibility index (Phi) is 6.53. The smallest absolute Gasteiger partial charge is 0.253 e. The van der Waals surface area contributed by atoms with E-state index in [4.69, 9.17) is 21.7 Å². The van der Waals surface area contributed by atoms with Gasteiger partial charge in [0.2, 0.25) is 0 Å². The maximum atomic E-state index is 12.9. The van der Waals surface area contributed by atoms with Crippen molar-refractivity contribution in [1.29, 1.82) is 0 Å². The Morgan fingerprint density at radius 1 is 1.17 bits per heavy atom. The van der Waals surface area contributed by atoms with Gasteiger partial charge in [-0.25, -0.2) is 4.98 Å². The number of carbonyl (C=O) groups excluding carboxylic acids is 1. The van der Waals surface area contributed by atoms with E-state index in [-0.39, 0.29) is 12.5 Å². The molecule has 0 radical (unpaired) electrons. The second kappa shape index (κ2) is 9.28. The Labute approximate surface area is 176 Å². The van der Waals surface area contributed by atoms with Crippen LogP contribution in [-0.2, 0) is 0 Å². The molecule has 0 bridgehead atoms. The van der Waals surface area contributed by atoms with Crippen molar-refractivity contribution in [1.82, 2.24) is 15.6 Å². The Morgan fingerprint density at radius 2 is 1.97 bits per heavy atom. The van der Waals surface area contributed by atoms with Crippen molar-refractivity contribution in [2.24, 2.45) is 5.92 Å². The van der Waals surface area contributed by atoms with Crippen LogP contribution in [0.3, 0.4) is 0 Å². The number of nitrogens with zero attached hydrogens (tertiary/aromatic N) is 2. The molecule has 29 heavy (non-hydrogen) atoms. The Balaban J connectivity index is 1.46. The second-order valence-electron chi connectivity index (χ2n) is 8.15. The highest BCUT2D eigenvalue weighted by molar-refractivity contribution is 6.35. The number of halogens is 1. The molecule has 2 aliphatic rings. The summed E-state index contributed by atoms with van der Waals surface area (Å²) in [6.07, 6.45) is 6.21. The third-order valence-corrected chi connectivity index (χ3v) is 6.37. The van der Waals surface area contributed by atoms with E-state index in [1.165, 1.54) is 32.1 Å². The first kappa shape index (κ1) is 20.4. The lowest BCUT2D eigenvalue weighted by Crippen LogP contribution is -2.58. The molecule has 2 heterocycles. The third kappa shape index (κ3) is 4.65. The zero-order valence-electron chi connectivity index (χ0n) is 16.7. The molecule has 6 nitrogen and oxygen atoms in total. The molecule has 1 saturated carbocycles. The number of amides is 1. The van der Waals surface area contributed by atoms with Gasteiger partial charge in [-0.15, -0.1) is 0 Å². The SMILES string of the molecule is O=C(NCC1CCCCC1)c1c(Cl)ccc2nc(N3CC(NCCO)C3)ccc12.